The van der Waals surface area contributed by atoms with E-state index < -0.39 is 11.7 Å². The van der Waals surface area contributed by atoms with E-state index in [1.807, 2.05) is 0 Å². The van der Waals surface area contributed by atoms with Crippen LogP contribution in [-0.2, 0) is 9.53 Å². The van der Waals surface area contributed by atoms with Gasteiger partial charge in [0.15, 0.2) is 0 Å². The molecule has 1 aromatic rings. The number of alkyl carbamates (subject to hydrolysis) is 1. The number of carbonyl (C=O) groups excluding carboxylic acids is 3. The highest BCUT2D eigenvalue weighted by molar-refractivity contribution is 6.03. The van der Waals surface area contributed by atoms with Gasteiger partial charge in [-0.3, -0.25) is 9.59 Å². The lowest BCUT2D eigenvalue weighted by Crippen LogP contribution is -2.33. The second-order valence-electron chi connectivity index (χ2n) is 7.37. The first-order chi connectivity index (χ1) is 12.2. The van der Waals surface area contributed by atoms with Crippen molar-refractivity contribution in [2.45, 2.75) is 58.1 Å². The van der Waals surface area contributed by atoms with E-state index in [-0.39, 0.29) is 24.3 Å². The first-order valence-electron chi connectivity index (χ1n) is 8.91. The zero-order valence-corrected chi connectivity index (χ0v) is 15.6. The van der Waals surface area contributed by atoms with Crippen molar-refractivity contribution >= 4 is 23.6 Å². The Hall–Kier alpha value is -2.57. The van der Waals surface area contributed by atoms with Crippen molar-refractivity contribution in [2.75, 3.05) is 11.9 Å². The van der Waals surface area contributed by atoms with Gasteiger partial charge in [-0.1, -0.05) is 12.1 Å². The molecule has 1 aromatic carbocycles. The summed E-state index contributed by atoms with van der Waals surface area (Å²) in [6.45, 7) is 5.71. The lowest BCUT2D eigenvalue weighted by Gasteiger charge is -2.19. The molecule has 0 radical (unpaired) electrons. The predicted octanol–water partition coefficient (Wildman–Crippen LogP) is 2.82. The number of carbonyl (C=O) groups is 3. The van der Waals surface area contributed by atoms with Crippen LogP contribution in [0.1, 0.15) is 56.8 Å². The third-order valence-corrected chi connectivity index (χ3v) is 3.61. The summed E-state index contributed by atoms with van der Waals surface area (Å²) < 4.78 is 5.12. The molecular formula is C19H27N3O4. The molecule has 0 spiro atoms. The van der Waals surface area contributed by atoms with Crippen molar-refractivity contribution in [1.82, 2.24) is 10.6 Å². The van der Waals surface area contributed by atoms with Gasteiger partial charge in [0.2, 0.25) is 5.91 Å². The van der Waals surface area contributed by atoms with Crippen molar-refractivity contribution in [3.8, 4) is 0 Å². The van der Waals surface area contributed by atoms with Crippen molar-refractivity contribution in [2.24, 2.45) is 0 Å². The Balaban J connectivity index is 1.75. The number of hydrogen-bond acceptors (Lipinski definition) is 4. The minimum Gasteiger partial charge on any atom is -0.444 e. The van der Waals surface area contributed by atoms with Crippen LogP contribution in [0.4, 0.5) is 10.5 Å². The number of ether oxygens (including phenoxy) is 1. The van der Waals surface area contributed by atoms with Gasteiger partial charge < -0.3 is 20.7 Å². The van der Waals surface area contributed by atoms with Crippen LogP contribution < -0.4 is 16.0 Å². The Labute approximate surface area is 153 Å². The number of rotatable bonds is 7. The normalized spacial score (nSPS) is 13.7. The topological polar surface area (TPSA) is 96.5 Å². The molecule has 2 rings (SSSR count). The molecule has 26 heavy (non-hydrogen) atoms. The van der Waals surface area contributed by atoms with Crippen LogP contribution in [0.3, 0.4) is 0 Å². The van der Waals surface area contributed by atoms with Crippen LogP contribution in [0.2, 0.25) is 0 Å². The zero-order chi connectivity index (χ0) is 19.2. The van der Waals surface area contributed by atoms with E-state index in [9.17, 15) is 14.4 Å². The number of amides is 3. The number of hydrogen-bond donors (Lipinski definition) is 3. The van der Waals surface area contributed by atoms with Crippen LogP contribution in [0.5, 0.6) is 0 Å². The van der Waals surface area contributed by atoms with Gasteiger partial charge in [-0.2, -0.15) is 0 Å². The van der Waals surface area contributed by atoms with E-state index in [0.29, 0.717) is 24.2 Å². The number of anilines is 1. The molecule has 0 aromatic heterocycles. The second-order valence-corrected chi connectivity index (χ2v) is 7.37. The van der Waals surface area contributed by atoms with Gasteiger partial charge in [0.25, 0.3) is 5.91 Å². The van der Waals surface area contributed by atoms with Crippen LogP contribution in [0, 0.1) is 0 Å². The minimum atomic E-state index is -0.549. The molecule has 0 aliphatic heterocycles. The Kier molecular flexibility index (Phi) is 6.60. The summed E-state index contributed by atoms with van der Waals surface area (Å²) in [6.07, 6.45) is 2.21. The van der Waals surface area contributed by atoms with E-state index in [4.69, 9.17) is 4.74 Å². The summed E-state index contributed by atoms with van der Waals surface area (Å²) in [5, 5.41) is 8.29. The minimum absolute atomic E-state index is 0.171. The lowest BCUT2D eigenvalue weighted by atomic mass is 10.1. The van der Waals surface area contributed by atoms with Crippen LogP contribution >= 0.6 is 0 Å². The molecule has 7 nitrogen and oxygen atoms in total. The molecule has 0 atom stereocenters. The van der Waals surface area contributed by atoms with Gasteiger partial charge in [-0.25, -0.2) is 4.79 Å². The monoisotopic (exact) mass is 361 g/mol. The highest BCUT2D eigenvalue weighted by atomic mass is 16.6. The van der Waals surface area contributed by atoms with Crippen molar-refractivity contribution in [3.63, 3.8) is 0 Å². The number of para-hydroxylation sites is 1. The summed E-state index contributed by atoms with van der Waals surface area (Å²) in [5.74, 6) is -0.377. The van der Waals surface area contributed by atoms with Crippen LogP contribution in [-0.4, -0.2) is 36.1 Å². The molecule has 142 valence electrons. The van der Waals surface area contributed by atoms with Gasteiger partial charge >= 0.3 is 6.09 Å². The van der Waals surface area contributed by atoms with E-state index in [0.717, 1.165) is 12.8 Å². The summed E-state index contributed by atoms with van der Waals surface area (Å²) in [5.41, 5.74) is 0.405. The average Bonchev–Trinajstić information content (AvgIpc) is 3.34. The number of benzene rings is 1. The summed E-state index contributed by atoms with van der Waals surface area (Å²) in [7, 11) is 0. The van der Waals surface area contributed by atoms with E-state index in [2.05, 4.69) is 16.0 Å². The molecule has 0 bridgehead atoms. The number of nitrogens with one attached hydrogen (secondary N) is 3. The third-order valence-electron chi connectivity index (χ3n) is 3.61. The first-order valence-corrected chi connectivity index (χ1v) is 8.91. The largest absolute Gasteiger partial charge is 0.444 e. The van der Waals surface area contributed by atoms with E-state index in [1.165, 1.54) is 0 Å². The molecule has 1 aliphatic carbocycles. The Morgan fingerprint density at radius 2 is 1.85 bits per heavy atom. The summed E-state index contributed by atoms with van der Waals surface area (Å²) in [6, 6.07) is 7.19. The van der Waals surface area contributed by atoms with Crippen LogP contribution in [0.15, 0.2) is 24.3 Å². The van der Waals surface area contributed by atoms with Gasteiger partial charge in [0.1, 0.15) is 5.60 Å². The highest BCUT2D eigenvalue weighted by Gasteiger charge is 2.25. The van der Waals surface area contributed by atoms with Crippen molar-refractivity contribution in [1.29, 1.82) is 0 Å². The summed E-state index contributed by atoms with van der Waals surface area (Å²) in [4.78, 5) is 35.9. The zero-order valence-electron chi connectivity index (χ0n) is 15.6. The molecule has 3 amide bonds. The molecule has 0 heterocycles. The molecule has 1 saturated carbocycles. The first kappa shape index (κ1) is 19.8. The molecule has 3 N–H and O–H groups in total. The fraction of sp³-hybridized carbons (Fsp3) is 0.526. The molecule has 0 unspecified atom stereocenters. The van der Waals surface area contributed by atoms with Gasteiger partial charge in [-0.05, 0) is 52.2 Å². The molecular weight excluding hydrogens is 334 g/mol. The van der Waals surface area contributed by atoms with E-state index >= 15 is 0 Å². The Bertz CT molecular complexity index is 663. The summed E-state index contributed by atoms with van der Waals surface area (Å²) >= 11 is 0. The maximum Gasteiger partial charge on any atom is 0.407 e. The fourth-order valence-electron chi connectivity index (χ4n) is 2.25. The van der Waals surface area contributed by atoms with Gasteiger partial charge in [0.05, 0.1) is 11.3 Å². The van der Waals surface area contributed by atoms with Crippen LogP contribution in [0.25, 0.3) is 0 Å². The van der Waals surface area contributed by atoms with Crippen molar-refractivity contribution < 1.29 is 19.1 Å². The molecule has 7 heteroatoms. The van der Waals surface area contributed by atoms with Gasteiger partial charge in [0, 0.05) is 19.0 Å². The molecule has 1 fully saturated rings. The fourth-order valence-corrected chi connectivity index (χ4v) is 2.25. The third kappa shape index (κ3) is 7.13. The lowest BCUT2D eigenvalue weighted by molar-refractivity contribution is -0.116. The average molecular weight is 361 g/mol. The maximum absolute atomic E-state index is 12.2. The van der Waals surface area contributed by atoms with Gasteiger partial charge in [-0.15, -0.1) is 0 Å². The SMILES string of the molecule is CC(C)(C)OC(=O)NCCCC(=O)Nc1ccccc1C(=O)NC1CC1. The van der Waals surface area contributed by atoms with E-state index in [1.54, 1.807) is 45.0 Å². The maximum atomic E-state index is 12.2. The predicted molar refractivity (Wildman–Crippen MR) is 99.0 cm³/mol. The second kappa shape index (κ2) is 8.69. The Morgan fingerprint density at radius 3 is 2.50 bits per heavy atom. The quantitative estimate of drug-likeness (QED) is 0.651. The standard InChI is InChI=1S/C19H27N3O4/c1-19(2,3)26-18(25)20-12-6-9-16(23)22-15-8-5-4-7-14(15)17(24)21-13-10-11-13/h4-5,7-8,13H,6,9-12H2,1-3H3,(H,20,25)(H,21,24)(H,22,23). The smallest absolute Gasteiger partial charge is 0.407 e. The highest BCUT2D eigenvalue weighted by Crippen LogP contribution is 2.21. The Morgan fingerprint density at radius 1 is 1.15 bits per heavy atom. The molecule has 1 aliphatic rings. The molecule has 0 saturated heterocycles. The van der Waals surface area contributed by atoms with Crippen molar-refractivity contribution in [3.05, 3.63) is 29.8 Å².